The Morgan fingerprint density at radius 2 is 1.86 bits per heavy atom. The first-order chi connectivity index (χ1) is 26.6. The highest BCUT2D eigenvalue weighted by molar-refractivity contribution is 6.33. The first-order valence-electron chi connectivity index (χ1n) is 18.1. The molecule has 1 aliphatic carbocycles. The number of ether oxygens (including phenoxy) is 1. The molecule has 292 valence electrons. The molecule has 2 aliphatic heterocycles. The number of carbonyl (C=O) groups excluding carboxylic acids is 2. The van der Waals surface area contributed by atoms with Gasteiger partial charge in [0.25, 0.3) is 11.5 Å². The van der Waals surface area contributed by atoms with Crippen molar-refractivity contribution < 1.29 is 32.6 Å². The number of nitrogens with zero attached hydrogens (tertiary/aromatic N) is 8. The molecule has 2 unspecified atom stereocenters. The van der Waals surface area contributed by atoms with Crippen LogP contribution < -0.4 is 15.8 Å². The summed E-state index contributed by atoms with van der Waals surface area (Å²) >= 11 is 6.18. The van der Waals surface area contributed by atoms with Crippen molar-refractivity contribution in [1.29, 1.82) is 0 Å². The van der Waals surface area contributed by atoms with E-state index in [-0.39, 0.29) is 77.6 Å². The van der Waals surface area contributed by atoms with E-state index in [1.165, 1.54) is 10.8 Å². The van der Waals surface area contributed by atoms with Gasteiger partial charge >= 0.3 is 6.18 Å². The SMILES string of the molecule is CCc1c(N2CCN(C(=O)c3ncnc(C)c3O)C3CCC32)c(=O)n2nc(-c3ccc4c(c3)COC4(C)C)nc2n1CC(=O)Nc1ccc(C(F)(F)F)cc1Cl. The Hall–Kier alpha value is -5.55. The first kappa shape index (κ1) is 37.4. The summed E-state index contributed by atoms with van der Waals surface area (Å²) in [6.45, 7) is 7.85. The molecule has 2 atom stereocenters. The Balaban J connectivity index is 1.20. The molecule has 8 rings (SSSR count). The maximum absolute atomic E-state index is 14.7. The summed E-state index contributed by atoms with van der Waals surface area (Å²) in [4.78, 5) is 58.5. The van der Waals surface area contributed by atoms with Crippen molar-refractivity contribution in [1.82, 2.24) is 34.0 Å². The third kappa shape index (κ3) is 6.22. The van der Waals surface area contributed by atoms with Crippen molar-refractivity contribution in [2.24, 2.45) is 0 Å². The average Bonchev–Trinajstić information content (AvgIpc) is 3.72. The minimum absolute atomic E-state index is 0.0199. The zero-order valence-corrected chi connectivity index (χ0v) is 31.6. The van der Waals surface area contributed by atoms with Crippen LogP contribution in [0.1, 0.15) is 72.2 Å². The van der Waals surface area contributed by atoms with E-state index in [2.05, 4.69) is 20.4 Å². The topological polar surface area (TPSA) is 160 Å². The molecular weight excluding hydrogens is 755 g/mol. The molecule has 1 saturated carbocycles. The number of piperazine rings is 1. The molecule has 3 aromatic heterocycles. The summed E-state index contributed by atoms with van der Waals surface area (Å²) in [6, 6.07) is 7.80. The van der Waals surface area contributed by atoms with Crippen molar-refractivity contribution >= 4 is 40.6 Å². The predicted octanol–water partition coefficient (Wildman–Crippen LogP) is 5.49. The molecule has 3 aliphatic rings. The van der Waals surface area contributed by atoms with Crippen LogP contribution in [0.2, 0.25) is 5.02 Å². The van der Waals surface area contributed by atoms with E-state index in [1.807, 2.05) is 43.9 Å². The molecule has 0 spiro atoms. The summed E-state index contributed by atoms with van der Waals surface area (Å²) in [7, 11) is 0. The fraction of sp³-hybridized carbons (Fsp3) is 0.395. The van der Waals surface area contributed by atoms with Gasteiger partial charge in [0.05, 0.1) is 45.9 Å². The molecule has 14 nitrogen and oxygen atoms in total. The average molecular weight is 792 g/mol. The van der Waals surface area contributed by atoms with Gasteiger partial charge in [0.2, 0.25) is 11.7 Å². The van der Waals surface area contributed by atoms with E-state index in [0.717, 1.165) is 29.3 Å². The summed E-state index contributed by atoms with van der Waals surface area (Å²) in [5.74, 6) is -1.02. The zero-order chi connectivity index (χ0) is 39.8. The Bertz CT molecular complexity index is 2500. The molecule has 0 bridgehead atoms. The third-order valence-electron chi connectivity index (χ3n) is 11.0. The standard InChI is InChI=1S/C38H37ClF3N9O5/c1-5-26-31(48-12-13-49(28-11-10-27(28)48)34(54)30-32(53)19(2)43-18-44-30)35(55)51-36(46-33(47-51)20-6-8-23-21(14-20)17-56-37(23,3)4)50(26)16-29(52)45-25-9-7-22(15-24(25)39)38(40,41)42/h6-9,14-15,18,27-28,53H,5,10-13,16-17H2,1-4H3,(H,45,52). The molecule has 2 N–H and O–H groups in total. The number of hydrogen-bond donors (Lipinski definition) is 2. The summed E-state index contributed by atoms with van der Waals surface area (Å²) in [5.41, 5.74) is 1.67. The zero-order valence-electron chi connectivity index (χ0n) is 30.8. The Kier molecular flexibility index (Phi) is 9.06. The van der Waals surface area contributed by atoms with Crippen molar-refractivity contribution in [3.8, 4) is 17.1 Å². The number of nitrogens with one attached hydrogen (secondary N) is 1. The van der Waals surface area contributed by atoms with Gasteiger partial charge in [-0.1, -0.05) is 30.7 Å². The Morgan fingerprint density at radius 1 is 1.09 bits per heavy atom. The first-order valence-corrected chi connectivity index (χ1v) is 18.5. The molecule has 5 aromatic rings. The molecule has 2 aromatic carbocycles. The van der Waals surface area contributed by atoms with Gasteiger partial charge < -0.3 is 29.5 Å². The van der Waals surface area contributed by atoms with Gasteiger partial charge in [-0.15, -0.1) is 5.10 Å². The summed E-state index contributed by atoms with van der Waals surface area (Å²) in [6.07, 6.45) is -1.80. The number of rotatable bonds is 7. The second-order valence-electron chi connectivity index (χ2n) is 14.7. The fourth-order valence-corrected chi connectivity index (χ4v) is 8.18. The van der Waals surface area contributed by atoms with Gasteiger partial charge in [-0.05, 0) is 75.4 Å². The summed E-state index contributed by atoms with van der Waals surface area (Å²) < 4.78 is 48.7. The normalized spacial score (nSPS) is 18.8. The number of aromatic nitrogens is 6. The maximum atomic E-state index is 14.7. The van der Waals surface area contributed by atoms with Crippen molar-refractivity contribution in [3.05, 3.63) is 91.9 Å². The van der Waals surface area contributed by atoms with Gasteiger partial charge in [-0.25, -0.2) is 9.97 Å². The van der Waals surface area contributed by atoms with Crippen LogP contribution in [0.15, 0.2) is 47.5 Å². The minimum atomic E-state index is -4.62. The second kappa shape index (κ2) is 13.6. The summed E-state index contributed by atoms with van der Waals surface area (Å²) in [5, 5.41) is 17.6. The van der Waals surface area contributed by atoms with Crippen LogP contribution >= 0.6 is 11.6 Å². The van der Waals surface area contributed by atoms with Crippen LogP contribution in [-0.2, 0) is 40.9 Å². The molecule has 2 amide bonds. The van der Waals surface area contributed by atoms with Crippen molar-refractivity contribution in [3.63, 3.8) is 0 Å². The highest BCUT2D eigenvalue weighted by atomic mass is 35.5. The number of anilines is 2. The lowest BCUT2D eigenvalue weighted by molar-refractivity contribution is -0.137. The largest absolute Gasteiger partial charge is 0.504 e. The van der Waals surface area contributed by atoms with Gasteiger partial charge in [0.15, 0.2) is 17.3 Å². The van der Waals surface area contributed by atoms with E-state index >= 15 is 0 Å². The maximum Gasteiger partial charge on any atom is 0.416 e. The number of fused-ring (bicyclic) bond motifs is 3. The van der Waals surface area contributed by atoms with Crippen LogP contribution in [0.5, 0.6) is 5.75 Å². The molecule has 56 heavy (non-hydrogen) atoms. The van der Waals surface area contributed by atoms with Crippen LogP contribution in [-0.4, -0.2) is 76.1 Å². The van der Waals surface area contributed by atoms with Crippen LogP contribution in [0, 0.1) is 6.92 Å². The highest BCUT2D eigenvalue weighted by Gasteiger charge is 2.47. The smallest absolute Gasteiger partial charge is 0.416 e. The number of carbonyl (C=O) groups is 2. The van der Waals surface area contributed by atoms with Crippen LogP contribution in [0.3, 0.4) is 0 Å². The quantitative estimate of drug-likeness (QED) is 0.216. The van der Waals surface area contributed by atoms with Gasteiger partial charge in [-0.3, -0.25) is 14.4 Å². The molecule has 2 fully saturated rings. The van der Waals surface area contributed by atoms with Crippen molar-refractivity contribution in [2.75, 3.05) is 23.3 Å². The Morgan fingerprint density at radius 3 is 2.55 bits per heavy atom. The lowest BCUT2D eigenvalue weighted by Crippen LogP contribution is -2.67. The monoisotopic (exact) mass is 791 g/mol. The third-order valence-corrected chi connectivity index (χ3v) is 11.3. The molecule has 0 radical (unpaired) electrons. The molecule has 5 heterocycles. The second-order valence-corrected chi connectivity index (χ2v) is 15.1. The lowest BCUT2D eigenvalue weighted by atomic mass is 9.81. The van der Waals surface area contributed by atoms with Crippen molar-refractivity contribution in [2.45, 2.75) is 84.0 Å². The van der Waals surface area contributed by atoms with E-state index < -0.39 is 34.7 Å². The Labute approximate surface area is 322 Å². The lowest BCUT2D eigenvalue weighted by Gasteiger charge is -2.54. The van der Waals surface area contributed by atoms with Gasteiger partial charge in [0.1, 0.15) is 18.6 Å². The fourth-order valence-electron chi connectivity index (χ4n) is 7.95. The number of aryl methyl sites for hydroxylation is 1. The van der Waals surface area contributed by atoms with Gasteiger partial charge in [-0.2, -0.15) is 22.7 Å². The van der Waals surface area contributed by atoms with Gasteiger partial charge in [0, 0.05) is 24.7 Å². The minimum Gasteiger partial charge on any atom is -0.504 e. The van der Waals surface area contributed by atoms with E-state index in [9.17, 15) is 32.7 Å². The number of amides is 2. The highest BCUT2D eigenvalue weighted by Crippen LogP contribution is 2.40. The van der Waals surface area contributed by atoms with Crippen LogP contribution in [0.25, 0.3) is 17.2 Å². The van der Waals surface area contributed by atoms with E-state index in [4.69, 9.17) is 21.3 Å². The number of alkyl halides is 3. The number of aromatic hydroxyl groups is 1. The van der Waals surface area contributed by atoms with E-state index in [0.29, 0.717) is 36.4 Å². The van der Waals surface area contributed by atoms with Crippen LogP contribution in [0.4, 0.5) is 24.5 Å². The number of hydrogen-bond acceptors (Lipinski definition) is 10. The van der Waals surface area contributed by atoms with E-state index in [1.54, 1.807) is 16.4 Å². The molecule has 1 saturated heterocycles. The number of benzene rings is 2. The molecule has 18 heteroatoms. The number of halogens is 4. The molecular formula is C38H37ClF3N9O5. The predicted molar refractivity (Wildman–Crippen MR) is 199 cm³/mol.